The Labute approximate surface area is 268 Å². The lowest BCUT2D eigenvalue weighted by Gasteiger charge is -2.46. The second-order valence-electron chi connectivity index (χ2n) is 17.5. The van der Waals surface area contributed by atoms with Gasteiger partial charge in [0.25, 0.3) is 0 Å². The topological polar surface area (TPSA) is 115 Å². The normalized spacial score (nSPS) is 25.6. The van der Waals surface area contributed by atoms with Crippen LogP contribution in [-0.4, -0.2) is 69.5 Å². The van der Waals surface area contributed by atoms with Crippen LogP contribution in [0, 0.1) is 0 Å². The van der Waals surface area contributed by atoms with Crippen molar-refractivity contribution in [1.29, 1.82) is 0 Å². The molecule has 0 aromatic carbocycles. The number of esters is 3. The molecule has 9 nitrogen and oxygen atoms in total. The Balaban J connectivity index is 0.000000358. The summed E-state index contributed by atoms with van der Waals surface area (Å²) in [5.74, 6) is -0.691. The third kappa shape index (κ3) is 14.2. The van der Waals surface area contributed by atoms with Crippen molar-refractivity contribution in [3.63, 3.8) is 0 Å². The van der Waals surface area contributed by atoms with Gasteiger partial charge in [0.15, 0.2) is 0 Å². The molecule has 3 fully saturated rings. The zero-order valence-corrected chi connectivity index (χ0v) is 30.3. The first-order chi connectivity index (χ1) is 19.8. The SMILES string of the molecule is CC1(C)CC(OC(=O)CCC(=O)OC2CC(C)(C)NC(C)(C)C2)CC(C)(C)N1.CCCC(=O)OC1CC(C)(C)NC(C)(C)C1. The highest BCUT2D eigenvalue weighted by atomic mass is 16.6. The Morgan fingerprint density at radius 3 is 0.864 bits per heavy atom. The van der Waals surface area contributed by atoms with Crippen molar-refractivity contribution in [2.75, 3.05) is 0 Å². The van der Waals surface area contributed by atoms with E-state index in [0.29, 0.717) is 6.42 Å². The summed E-state index contributed by atoms with van der Waals surface area (Å²) in [4.78, 5) is 36.0. The Kier molecular flexibility index (Phi) is 12.6. The van der Waals surface area contributed by atoms with E-state index in [-0.39, 0.29) is 82.3 Å². The van der Waals surface area contributed by atoms with E-state index in [1.54, 1.807) is 0 Å². The Bertz CT molecular complexity index is 900. The quantitative estimate of drug-likeness (QED) is 0.218. The van der Waals surface area contributed by atoms with Crippen LogP contribution in [0.3, 0.4) is 0 Å². The number of piperidine rings is 3. The van der Waals surface area contributed by atoms with Crippen LogP contribution in [0.15, 0.2) is 0 Å². The predicted molar refractivity (Wildman–Crippen MR) is 175 cm³/mol. The molecule has 0 saturated carbocycles. The molecule has 3 saturated heterocycles. The monoisotopic (exact) mass is 623 g/mol. The van der Waals surface area contributed by atoms with Crippen LogP contribution in [0.2, 0.25) is 0 Å². The van der Waals surface area contributed by atoms with Crippen molar-refractivity contribution < 1.29 is 28.6 Å². The molecule has 0 aliphatic carbocycles. The lowest BCUT2D eigenvalue weighted by molar-refractivity contribution is -0.160. The van der Waals surface area contributed by atoms with Gasteiger partial charge in [-0.2, -0.15) is 0 Å². The largest absolute Gasteiger partial charge is 0.462 e. The zero-order valence-electron chi connectivity index (χ0n) is 30.3. The Morgan fingerprint density at radius 2 is 0.659 bits per heavy atom. The molecular weight excluding hydrogens is 558 g/mol. The molecule has 9 heteroatoms. The van der Waals surface area contributed by atoms with E-state index in [1.807, 2.05) is 6.92 Å². The van der Waals surface area contributed by atoms with Crippen LogP contribution in [-0.2, 0) is 28.6 Å². The van der Waals surface area contributed by atoms with Crippen LogP contribution < -0.4 is 16.0 Å². The van der Waals surface area contributed by atoms with Crippen LogP contribution in [0.5, 0.6) is 0 Å². The van der Waals surface area contributed by atoms with E-state index in [2.05, 4.69) is 99.0 Å². The Morgan fingerprint density at radius 1 is 0.455 bits per heavy atom. The minimum Gasteiger partial charge on any atom is -0.462 e. The number of rotatable bonds is 8. The second kappa shape index (κ2) is 14.4. The number of hydrogen-bond donors (Lipinski definition) is 3. The molecule has 3 rings (SSSR count). The van der Waals surface area contributed by atoms with Gasteiger partial charge in [-0.3, -0.25) is 14.4 Å². The van der Waals surface area contributed by atoms with Crippen LogP contribution in [0.25, 0.3) is 0 Å². The van der Waals surface area contributed by atoms with Gasteiger partial charge in [0.1, 0.15) is 18.3 Å². The van der Waals surface area contributed by atoms with E-state index >= 15 is 0 Å². The van der Waals surface area contributed by atoms with Gasteiger partial charge in [-0.1, -0.05) is 6.92 Å². The third-order valence-electron chi connectivity index (χ3n) is 8.34. The van der Waals surface area contributed by atoms with Crippen molar-refractivity contribution in [3.05, 3.63) is 0 Å². The first-order valence-electron chi connectivity index (χ1n) is 16.8. The van der Waals surface area contributed by atoms with Crippen LogP contribution in [0.4, 0.5) is 0 Å². The molecular formula is C35H65N3O6. The maximum Gasteiger partial charge on any atom is 0.306 e. The van der Waals surface area contributed by atoms with Crippen molar-refractivity contribution in [1.82, 2.24) is 16.0 Å². The number of carbonyl (C=O) groups is 3. The van der Waals surface area contributed by atoms with E-state index in [4.69, 9.17) is 14.2 Å². The standard InChI is InChI=1S/C22H40N2O4.C13H25NO2/c1-19(2)11-15(12-20(3,4)23-19)27-17(25)9-10-18(26)28-16-13-21(5,6)24-22(7,8)14-16;1-6-7-11(15)16-10-8-12(2,3)14-13(4,5)9-10/h15-16,23-24H,9-14H2,1-8H3;10,14H,6-9H2,1-5H3. The molecule has 3 heterocycles. The average molecular weight is 624 g/mol. The first-order valence-corrected chi connectivity index (χ1v) is 16.8. The Hall–Kier alpha value is -1.71. The van der Waals surface area contributed by atoms with E-state index in [0.717, 1.165) is 44.9 Å². The highest BCUT2D eigenvalue weighted by Gasteiger charge is 2.41. The summed E-state index contributed by atoms with van der Waals surface area (Å²) in [6.45, 7) is 27.6. The smallest absolute Gasteiger partial charge is 0.306 e. The lowest BCUT2D eigenvalue weighted by Crippen LogP contribution is -2.59. The lowest BCUT2D eigenvalue weighted by atomic mass is 9.81. The first kappa shape index (κ1) is 38.5. The van der Waals surface area contributed by atoms with Crippen LogP contribution in [0.1, 0.15) is 154 Å². The molecule has 0 spiro atoms. The zero-order chi connectivity index (χ0) is 33.8. The fourth-order valence-electron chi connectivity index (χ4n) is 8.08. The van der Waals surface area contributed by atoms with Crippen molar-refractivity contribution in [2.24, 2.45) is 0 Å². The molecule has 3 N–H and O–H groups in total. The van der Waals surface area contributed by atoms with E-state index in [9.17, 15) is 14.4 Å². The predicted octanol–water partition coefficient (Wildman–Crippen LogP) is 6.11. The molecule has 0 aromatic rings. The summed E-state index contributed by atoms with van der Waals surface area (Å²) in [7, 11) is 0. The third-order valence-corrected chi connectivity index (χ3v) is 8.34. The van der Waals surface area contributed by atoms with Gasteiger partial charge in [0.05, 0.1) is 12.8 Å². The summed E-state index contributed by atoms with van der Waals surface area (Å²) in [5, 5.41) is 10.7. The van der Waals surface area contributed by atoms with Gasteiger partial charge >= 0.3 is 17.9 Å². The van der Waals surface area contributed by atoms with Crippen molar-refractivity contribution in [3.8, 4) is 0 Å². The van der Waals surface area contributed by atoms with E-state index < -0.39 is 0 Å². The fourth-order valence-corrected chi connectivity index (χ4v) is 8.08. The summed E-state index contributed by atoms with van der Waals surface area (Å²) in [6.07, 6.45) is 6.21. The number of nitrogens with one attached hydrogen (secondary N) is 3. The van der Waals surface area contributed by atoms with Gasteiger partial charge < -0.3 is 30.2 Å². The van der Waals surface area contributed by atoms with Crippen LogP contribution >= 0.6 is 0 Å². The van der Waals surface area contributed by atoms with Gasteiger partial charge in [-0.15, -0.1) is 0 Å². The van der Waals surface area contributed by atoms with Crippen molar-refractivity contribution in [2.45, 2.75) is 206 Å². The molecule has 0 amide bonds. The maximum absolute atomic E-state index is 12.3. The second-order valence-corrected chi connectivity index (χ2v) is 17.5. The minimum absolute atomic E-state index is 0.0406. The summed E-state index contributed by atoms with van der Waals surface area (Å²) < 4.78 is 16.9. The number of carbonyl (C=O) groups excluding carboxylic acids is 3. The van der Waals surface area contributed by atoms with Gasteiger partial charge in [0, 0.05) is 78.2 Å². The summed E-state index contributed by atoms with van der Waals surface area (Å²) >= 11 is 0. The maximum atomic E-state index is 12.3. The molecule has 3 aliphatic heterocycles. The average Bonchev–Trinajstić information content (AvgIpc) is 2.71. The highest BCUT2D eigenvalue weighted by molar-refractivity contribution is 5.77. The van der Waals surface area contributed by atoms with Gasteiger partial charge in [-0.05, 0) is 89.5 Å². The van der Waals surface area contributed by atoms with E-state index in [1.165, 1.54) is 0 Å². The minimum atomic E-state index is -0.318. The van der Waals surface area contributed by atoms with Crippen molar-refractivity contribution >= 4 is 17.9 Å². The molecule has 0 unspecified atom stereocenters. The molecule has 256 valence electrons. The molecule has 0 radical (unpaired) electrons. The molecule has 0 aromatic heterocycles. The molecule has 44 heavy (non-hydrogen) atoms. The number of hydrogen-bond acceptors (Lipinski definition) is 9. The highest BCUT2D eigenvalue weighted by Crippen LogP contribution is 2.33. The fraction of sp³-hybridized carbons (Fsp3) is 0.914. The number of ether oxygens (including phenoxy) is 3. The molecule has 0 atom stereocenters. The van der Waals surface area contributed by atoms with Gasteiger partial charge in [-0.25, -0.2) is 0 Å². The summed E-state index contributed by atoms with van der Waals surface area (Å²) in [5.41, 5.74) is -0.251. The van der Waals surface area contributed by atoms with Gasteiger partial charge in [0.2, 0.25) is 0 Å². The summed E-state index contributed by atoms with van der Waals surface area (Å²) in [6, 6.07) is 0. The molecule has 0 bridgehead atoms. The molecule has 3 aliphatic rings.